The minimum absolute atomic E-state index is 0.00617. The van der Waals surface area contributed by atoms with Crippen molar-refractivity contribution in [2.75, 3.05) is 25.5 Å². The van der Waals surface area contributed by atoms with Gasteiger partial charge in [-0.1, -0.05) is 23.7 Å². The third kappa shape index (κ3) is 3.60. The van der Waals surface area contributed by atoms with Crippen molar-refractivity contribution in [3.63, 3.8) is 0 Å². The van der Waals surface area contributed by atoms with Crippen LogP contribution >= 0.6 is 11.6 Å². The van der Waals surface area contributed by atoms with Crippen LogP contribution in [0.4, 0.5) is 5.82 Å². The molecule has 0 atom stereocenters. The molecule has 124 valence electrons. The lowest BCUT2D eigenvalue weighted by atomic mass is 9.99. The smallest absolute Gasteiger partial charge is 0.257 e. The van der Waals surface area contributed by atoms with Crippen LogP contribution in [0.1, 0.15) is 28.8 Å². The van der Waals surface area contributed by atoms with Gasteiger partial charge in [-0.05, 0) is 48.2 Å². The molecular weight excluding hydrogens is 322 g/mol. The molecular formula is C19H20ClN3O. The summed E-state index contributed by atoms with van der Waals surface area (Å²) in [4.78, 5) is 20.8. The number of aromatic nitrogens is 1. The van der Waals surface area contributed by atoms with E-state index in [1.807, 2.05) is 55.5 Å². The number of allylic oxidation sites excluding steroid dienone is 1. The number of halogens is 1. The molecule has 3 rings (SSSR count). The highest BCUT2D eigenvalue weighted by molar-refractivity contribution is 6.30. The van der Waals surface area contributed by atoms with Crippen LogP contribution in [0, 0.1) is 0 Å². The second-order valence-corrected chi connectivity index (χ2v) is 6.50. The maximum atomic E-state index is 12.8. The molecule has 2 aromatic rings. The lowest BCUT2D eigenvalue weighted by Gasteiger charge is -2.25. The lowest BCUT2D eigenvalue weighted by Crippen LogP contribution is -2.29. The first-order chi connectivity index (χ1) is 11.5. The quantitative estimate of drug-likeness (QED) is 0.844. The zero-order chi connectivity index (χ0) is 17.1. The van der Waals surface area contributed by atoms with Gasteiger partial charge in [-0.3, -0.25) is 4.79 Å². The number of hydrogen-bond donors (Lipinski definition) is 0. The van der Waals surface area contributed by atoms with Gasteiger partial charge >= 0.3 is 0 Å². The van der Waals surface area contributed by atoms with E-state index in [2.05, 4.69) is 4.98 Å². The minimum atomic E-state index is 0.00617. The number of amides is 1. The minimum Gasteiger partial charge on any atom is -0.363 e. The second-order valence-electron chi connectivity index (χ2n) is 6.06. The topological polar surface area (TPSA) is 36.4 Å². The first-order valence-electron chi connectivity index (χ1n) is 7.95. The van der Waals surface area contributed by atoms with Crippen LogP contribution in [0.2, 0.25) is 5.02 Å². The largest absolute Gasteiger partial charge is 0.363 e. The molecule has 1 amide bonds. The van der Waals surface area contributed by atoms with Crippen LogP contribution in [-0.4, -0.2) is 36.4 Å². The van der Waals surface area contributed by atoms with Crippen LogP contribution in [0.15, 0.2) is 48.8 Å². The van der Waals surface area contributed by atoms with Crippen LogP contribution in [-0.2, 0) is 0 Å². The lowest BCUT2D eigenvalue weighted by molar-refractivity contribution is 0.0817. The predicted octanol–water partition coefficient (Wildman–Crippen LogP) is 4.08. The fourth-order valence-electron chi connectivity index (χ4n) is 2.76. The molecule has 0 fully saturated rings. The average Bonchev–Trinajstić information content (AvgIpc) is 2.62. The molecule has 1 aromatic carbocycles. The maximum absolute atomic E-state index is 12.8. The standard InChI is InChI=1S/C19H20ClN3O/c1-22(2)18-12-15(9-10-21-18)19(24)23-11-3-4-16(13-23)14-5-7-17(20)8-6-14/h5-10,12-13H,3-4,11H2,1-2H3. The predicted molar refractivity (Wildman–Crippen MR) is 98.3 cm³/mol. The number of carbonyl (C=O) groups excluding carboxylic acids is 1. The second kappa shape index (κ2) is 7.05. The summed E-state index contributed by atoms with van der Waals surface area (Å²) >= 11 is 5.96. The molecule has 0 spiro atoms. The summed E-state index contributed by atoms with van der Waals surface area (Å²) in [6, 6.07) is 11.3. The van der Waals surface area contributed by atoms with Gasteiger partial charge in [0, 0.05) is 43.6 Å². The van der Waals surface area contributed by atoms with Gasteiger partial charge in [-0.2, -0.15) is 0 Å². The summed E-state index contributed by atoms with van der Waals surface area (Å²) in [5.74, 6) is 0.784. The monoisotopic (exact) mass is 341 g/mol. The molecule has 1 aromatic heterocycles. The molecule has 0 radical (unpaired) electrons. The van der Waals surface area contributed by atoms with E-state index in [1.54, 1.807) is 17.2 Å². The summed E-state index contributed by atoms with van der Waals surface area (Å²) in [5, 5.41) is 0.719. The summed E-state index contributed by atoms with van der Waals surface area (Å²) < 4.78 is 0. The number of pyridine rings is 1. The summed E-state index contributed by atoms with van der Waals surface area (Å²) in [5.41, 5.74) is 2.93. The number of rotatable bonds is 3. The van der Waals surface area contributed by atoms with Crippen LogP contribution in [0.5, 0.6) is 0 Å². The first kappa shape index (κ1) is 16.5. The van der Waals surface area contributed by atoms with E-state index >= 15 is 0 Å². The molecule has 0 bridgehead atoms. The van der Waals surface area contributed by atoms with E-state index in [0.717, 1.165) is 41.4 Å². The van der Waals surface area contributed by atoms with Gasteiger partial charge in [0.25, 0.3) is 5.91 Å². The number of hydrogen-bond acceptors (Lipinski definition) is 3. The zero-order valence-corrected chi connectivity index (χ0v) is 14.6. The van der Waals surface area contributed by atoms with E-state index in [9.17, 15) is 4.79 Å². The third-order valence-electron chi connectivity index (χ3n) is 4.08. The van der Waals surface area contributed by atoms with Crippen LogP contribution in [0.3, 0.4) is 0 Å². The van der Waals surface area contributed by atoms with Gasteiger partial charge < -0.3 is 9.80 Å². The van der Waals surface area contributed by atoms with Gasteiger partial charge in [0.1, 0.15) is 5.82 Å². The van der Waals surface area contributed by atoms with Crippen molar-refractivity contribution >= 4 is 28.9 Å². The highest BCUT2D eigenvalue weighted by Gasteiger charge is 2.19. The number of anilines is 1. The molecule has 0 saturated carbocycles. The van der Waals surface area contributed by atoms with Gasteiger partial charge in [0.2, 0.25) is 0 Å². The van der Waals surface area contributed by atoms with E-state index in [1.165, 1.54) is 0 Å². The zero-order valence-electron chi connectivity index (χ0n) is 13.9. The normalized spacial score (nSPS) is 14.3. The average molecular weight is 342 g/mol. The molecule has 1 aliphatic rings. The first-order valence-corrected chi connectivity index (χ1v) is 8.33. The van der Waals surface area contributed by atoms with Crippen LogP contribution < -0.4 is 4.90 Å². The van der Waals surface area contributed by atoms with Crippen molar-refractivity contribution in [3.05, 3.63) is 64.9 Å². The Balaban J connectivity index is 1.86. The molecule has 5 heteroatoms. The van der Waals surface area contributed by atoms with Crippen LogP contribution in [0.25, 0.3) is 5.57 Å². The van der Waals surface area contributed by atoms with Crippen molar-refractivity contribution < 1.29 is 4.79 Å². The van der Waals surface area contributed by atoms with E-state index < -0.39 is 0 Å². The Morgan fingerprint density at radius 2 is 1.96 bits per heavy atom. The van der Waals surface area contributed by atoms with Gasteiger partial charge in [-0.15, -0.1) is 0 Å². The van der Waals surface area contributed by atoms with E-state index in [0.29, 0.717) is 5.56 Å². The molecule has 0 saturated heterocycles. The fraction of sp³-hybridized carbons (Fsp3) is 0.263. The van der Waals surface area contributed by atoms with Gasteiger partial charge in [0.05, 0.1) is 0 Å². The number of nitrogens with zero attached hydrogens (tertiary/aromatic N) is 3. The molecule has 0 unspecified atom stereocenters. The number of carbonyl (C=O) groups is 1. The third-order valence-corrected chi connectivity index (χ3v) is 4.34. The van der Waals surface area contributed by atoms with Gasteiger partial charge in [-0.25, -0.2) is 4.98 Å². The Kier molecular flexibility index (Phi) is 4.86. The Bertz CT molecular complexity index is 768. The summed E-state index contributed by atoms with van der Waals surface area (Å²) in [6.07, 6.45) is 5.55. The maximum Gasteiger partial charge on any atom is 0.257 e. The molecule has 0 N–H and O–H groups in total. The van der Waals surface area contributed by atoms with Crippen molar-refractivity contribution in [2.45, 2.75) is 12.8 Å². The number of benzene rings is 1. The highest BCUT2D eigenvalue weighted by Crippen LogP contribution is 2.27. The van der Waals surface area contributed by atoms with Gasteiger partial charge in [0.15, 0.2) is 0 Å². The van der Waals surface area contributed by atoms with Crippen molar-refractivity contribution in [1.29, 1.82) is 0 Å². The molecule has 4 nitrogen and oxygen atoms in total. The Morgan fingerprint density at radius 1 is 1.21 bits per heavy atom. The molecule has 24 heavy (non-hydrogen) atoms. The Morgan fingerprint density at radius 3 is 2.67 bits per heavy atom. The highest BCUT2D eigenvalue weighted by atomic mass is 35.5. The SMILES string of the molecule is CN(C)c1cc(C(=O)N2C=C(c3ccc(Cl)cc3)CCC2)ccn1. The van der Waals surface area contributed by atoms with E-state index in [4.69, 9.17) is 11.6 Å². The fourth-order valence-corrected chi connectivity index (χ4v) is 2.89. The summed E-state index contributed by atoms with van der Waals surface area (Å²) in [7, 11) is 3.83. The molecule has 0 aliphatic carbocycles. The summed E-state index contributed by atoms with van der Waals surface area (Å²) in [6.45, 7) is 0.732. The molecule has 2 heterocycles. The van der Waals surface area contributed by atoms with Crippen molar-refractivity contribution in [2.24, 2.45) is 0 Å². The Hall–Kier alpha value is -2.33. The molecule has 1 aliphatic heterocycles. The van der Waals surface area contributed by atoms with Crippen molar-refractivity contribution in [3.8, 4) is 0 Å². The van der Waals surface area contributed by atoms with E-state index in [-0.39, 0.29) is 5.91 Å². The van der Waals surface area contributed by atoms with Crippen molar-refractivity contribution in [1.82, 2.24) is 9.88 Å². The Labute approximate surface area is 147 Å².